The zero-order valence-electron chi connectivity index (χ0n) is 11.3. The van der Waals surface area contributed by atoms with Gasteiger partial charge in [0.25, 0.3) is 0 Å². The van der Waals surface area contributed by atoms with Gasteiger partial charge >= 0.3 is 0 Å². The topological polar surface area (TPSA) is 29.1 Å². The minimum Gasteiger partial charge on any atom is -0.301 e. The summed E-state index contributed by atoms with van der Waals surface area (Å²) >= 11 is 0. The van der Waals surface area contributed by atoms with E-state index in [1.165, 1.54) is 5.56 Å². The fourth-order valence-electron chi connectivity index (χ4n) is 2.14. The van der Waals surface area contributed by atoms with Gasteiger partial charge in [-0.15, -0.1) is 0 Å². The van der Waals surface area contributed by atoms with Gasteiger partial charge in [-0.2, -0.15) is 0 Å². The van der Waals surface area contributed by atoms with E-state index >= 15 is 0 Å². The van der Waals surface area contributed by atoms with Crippen LogP contribution in [0.3, 0.4) is 0 Å². The van der Waals surface area contributed by atoms with E-state index in [0.717, 1.165) is 5.56 Å². The standard InChI is InChI=1S/C17H19NO/c1-13(15-9-5-3-6-10-15)18-14(2)17(19)16-11-7-4-8-12-16/h3-14,18H,1-2H3/t13-,14-/m1/s1. The number of ketones is 1. The van der Waals surface area contributed by atoms with E-state index in [2.05, 4.69) is 24.4 Å². The van der Waals surface area contributed by atoms with Gasteiger partial charge in [0.05, 0.1) is 6.04 Å². The number of hydrogen-bond acceptors (Lipinski definition) is 2. The Bertz CT molecular complexity index is 521. The smallest absolute Gasteiger partial charge is 0.179 e. The van der Waals surface area contributed by atoms with Crippen LogP contribution in [0.5, 0.6) is 0 Å². The summed E-state index contributed by atoms with van der Waals surface area (Å²) in [5.74, 6) is 0.128. The lowest BCUT2D eigenvalue weighted by Gasteiger charge is -2.19. The molecule has 0 amide bonds. The second-order valence-corrected chi connectivity index (χ2v) is 4.75. The molecule has 98 valence electrons. The summed E-state index contributed by atoms with van der Waals surface area (Å²) in [5, 5.41) is 3.34. The Morgan fingerprint density at radius 2 is 1.42 bits per heavy atom. The van der Waals surface area contributed by atoms with Crippen molar-refractivity contribution in [2.75, 3.05) is 0 Å². The number of carbonyl (C=O) groups excluding carboxylic acids is 1. The van der Waals surface area contributed by atoms with E-state index in [1.54, 1.807) is 0 Å². The highest BCUT2D eigenvalue weighted by Crippen LogP contribution is 2.13. The van der Waals surface area contributed by atoms with Crippen LogP contribution in [0.15, 0.2) is 60.7 Å². The highest BCUT2D eigenvalue weighted by atomic mass is 16.1. The van der Waals surface area contributed by atoms with Crippen molar-refractivity contribution < 1.29 is 4.79 Å². The van der Waals surface area contributed by atoms with Gasteiger partial charge in [-0.05, 0) is 19.4 Å². The lowest BCUT2D eigenvalue weighted by molar-refractivity contribution is 0.0945. The second kappa shape index (κ2) is 6.30. The molecule has 2 heteroatoms. The summed E-state index contributed by atoms with van der Waals surface area (Å²) in [7, 11) is 0. The molecule has 2 nitrogen and oxygen atoms in total. The molecule has 0 aliphatic carbocycles. The molecule has 2 aromatic rings. The molecule has 2 rings (SSSR count). The van der Waals surface area contributed by atoms with Gasteiger partial charge in [-0.25, -0.2) is 0 Å². The molecule has 0 spiro atoms. The molecule has 2 atom stereocenters. The minimum absolute atomic E-state index is 0.128. The van der Waals surface area contributed by atoms with Gasteiger partial charge in [0.1, 0.15) is 0 Å². The Morgan fingerprint density at radius 1 is 0.895 bits per heavy atom. The fraction of sp³-hybridized carbons (Fsp3) is 0.235. The second-order valence-electron chi connectivity index (χ2n) is 4.75. The molecule has 0 aliphatic rings. The first-order valence-electron chi connectivity index (χ1n) is 6.58. The van der Waals surface area contributed by atoms with Gasteiger partial charge in [-0.3, -0.25) is 4.79 Å². The molecule has 0 heterocycles. The van der Waals surface area contributed by atoms with Crippen LogP contribution >= 0.6 is 0 Å². The van der Waals surface area contributed by atoms with Crippen molar-refractivity contribution in [3.8, 4) is 0 Å². The maximum Gasteiger partial charge on any atom is 0.179 e. The molecule has 0 saturated heterocycles. The Labute approximate surface area is 114 Å². The highest BCUT2D eigenvalue weighted by Gasteiger charge is 2.17. The van der Waals surface area contributed by atoms with E-state index in [0.29, 0.717) is 0 Å². The van der Waals surface area contributed by atoms with Gasteiger partial charge in [0.15, 0.2) is 5.78 Å². The largest absolute Gasteiger partial charge is 0.301 e. The number of rotatable bonds is 5. The first kappa shape index (κ1) is 13.5. The average Bonchev–Trinajstić information content (AvgIpc) is 2.48. The minimum atomic E-state index is -0.197. The predicted molar refractivity (Wildman–Crippen MR) is 78.2 cm³/mol. The summed E-state index contributed by atoms with van der Waals surface area (Å²) in [6.45, 7) is 3.98. The summed E-state index contributed by atoms with van der Waals surface area (Å²) in [6, 6.07) is 19.5. The van der Waals surface area contributed by atoms with Crippen molar-refractivity contribution in [3.63, 3.8) is 0 Å². The predicted octanol–water partition coefficient (Wildman–Crippen LogP) is 3.61. The van der Waals surface area contributed by atoms with Crippen LogP contribution < -0.4 is 5.32 Å². The van der Waals surface area contributed by atoms with Crippen LogP contribution in [0, 0.1) is 0 Å². The normalized spacial score (nSPS) is 13.8. The highest BCUT2D eigenvalue weighted by molar-refractivity contribution is 5.99. The monoisotopic (exact) mass is 253 g/mol. The van der Waals surface area contributed by atoms with Crippen LogP contribution in [0.4, 0.5) is 0 Å². The summed E-state index contributed by atoms with van der Waals surface area (Å²) in [5.41, 5.74) is 1.94. The maximum atomic E-state index is 12.2. The Kier molecular flexibility index (Phi) is 4.48. The van der Waals surface area contributed by atoms with Crippen molar-refractivity contribution in [2.24, 2.45) is 0 Å². The van der Waals surface area contributed by atoms with E-state index in [1.807, 2.05) is 55.5 Å². The van der Waals surface area contributed by atoms with Crippen molar-refractivity contribution in [1.82, 2.24) is 5.32 Å². The Hall–Kier alpha value is -1.93. The molecule has 1 N–H and O–H groups in total. The van der Waals surface area contributed by atoms with Crippen LogP contribution in [0.1, 0.15) is 35.8 Å². The molecule has 2 aromatic carbocycles. The number of hydrogen-bond donors (Lipinski definition) is 1. The Balaban J connectivity index is 2.02. The average molecular weight is 253 g/mol. The number of benzene rings is 2. The zero-order valence-corrected chi connectivity index (χ0v) is 11.3. The van der Waals surface area contributed by atoms with E-state index in [9.17, 15) is 4.79 Å². The van der Waals surface area contributed by atoms with Crippen LogP contribution in [-0.4, -0.2) is 11.8 Å². The molecule has 0 unspecified atom stereocenters. The molecule has 19 heavy (non-hydrogen) atoms. The number of Topliss-reactive ketones (excluding diaryl/α,β-unsaturated/α-hetero) is 1. The first-order valence-corrected chi connectivity index (χ1v) is 6.58. The molecule has 0 bridgehead atoms. The van der Waals surface area contributed by atoms with Crippen LogP contribution in [0.25, 0.3) is 0 Å². The van der Waals surface area contributed by atoms with Crippen LogP contribution in [-0.2, 0) is 0 Å². The fourth-order valence-corrected chi connectivity index (χ4v) is 2.14. The van der Waals surface area contributed by atoms with Gasteiger partial charge in [-0.1, -0.05) is 60.7 Å². The molecule has 0 fully saturated rings. The molecule has 0 aromatic heterocycles. The third-order valence-electron chi connectivity index (χ3n) is 3.25. The quantitative estimate of drug-likeness (QED) is 0.825. The molecule has 0 saturated carbocycles. The van der Waals surface area contributed by atoms with E-state index in [-0.39, 0.29) is 17.9 Å². The van der Waals surface area contributed by atoms with Crippen molar-refractivity contribution in [2.45, 2.75) is 25.9 Å². The summed E-state index contributed by atoms with van der Waals surface area (Å²) < 4.78 is 0. The number of carbonyl (C=O) groups is 1. The molecular weight excluding hydrogens is 234 g/mol. The lowest BCUT2D eigenvalue weighted by atomic mass is 10.0. The Morgan fingerprint density at radius 3 is 2.00 bits per heavy atom. The molecule has 0 aliphatic heterocycles. The molecule has 0 radical (unpaired) electrons. The van der Waals surface area contributed by atoms with Crippen molar-refractivity contribution in [1.29, 1.82) is 0 Å². The third kappa shape index (κ3) is 3.52. The van der Waals surface area contributed by atoms with Crippen LogP contribution in [0.2, 0.25) is 0 Å². The summed E-state index contributed by atoms with van der Waals surface area (Å²) in [6.07, 6.45) is 0. The third-order valence-corrected chi connectivity index (χ3v) is 3.25. The SMILES string of the molecule is C[C@@H](N[C@H](C)c1ccccc1)C(=O)c1ccccc1. The van der Waals surface area contributed by atoms with E-state index < -0.39 is 0 Å². The van der Waals surface area contributed by atoms with Gasteiger partial charge in [0.2, 0.25) is 0 Å². The van der Waals surface area contributed by atoms with Gasteiger partial charge < -0.3 is 5.32 Å². The van der Waals surface area contributed by atoms with E-state index in [4.69, 9.17) is 0 Å². The van der Waals surface area contributed by atoms with Crippen molar-refractivity contribution >= 4 is 5.78 Å². The van der Waals surface area contributed by atoms with Gasteiger partial charge in [0, 0.05) is 11.6 Å². The van der Waals surface area contributed by atoms with Crippen molar-refractivity contribution in [3.05, 3.63) is 71.8 Å². The number of nitrogens with one attached hydrogen (secondary N) is 1. The summed E-state index contributed by atoms with van der Waals surface area (Å²) in [4.78, 5) is 12.2. The lowest BCUT2D eigenvalue weighted by Crippen LogP contribution is -2.35. The maximum absolute atomic E-state index is 12.2. The first-order chi connectivity index (χ1) is 9.18. The zero-order chi connectivity index (χ0) is 13.7. The molecular formula is C17H19NO.